The molecule has 0 radical (unpaired) electrons. The van der Waals surface area contributed by atoms with Gasteiger partial charge in [-0.25, -0.2) is 4.99 Å². The lowest BCUT2D eigenvalue weighted by atomic mass is 10.2. The van der Waals surface area contributed by atoms with Gasteiger partial charge in [0.1, 0.15) is 5.75 Å². The molecule has 1 N–H and O–H groups in total. The first-order chi connectivity index (χ1) is 12.7. The van der Waals surface area contributed by atoms with Crippen molar-refractivity contribution in [3.05, 3.63) is 42.2 Å². The number of guanidine groups is 1. The maximum Gasteiger partial charge on any atom is 0.194 e. The van der Waals surface area contributed by atoms with Crippen molar-refractivity contribution in [2.75, 3.05) is 44.7 Å². The van der Waals surface area contributed by atoms with Crippen molar-refractivity contribution >= 4 is 11.6 Å². The Morgan fingerprint density at radius 3 is 2.69 bits per heavy atom. The van der Waals surface area contributed by atoms with Crippen molar-refractivity contribution < 1.29 is 4.74 Å². The van der Waals surface area contributed by atoms with Crippen LogP contribution in [0.5, 0.6) is 5.75 Å². The molecule has 0 spiro atoms. The molecule has 0 saturated carbocycles. The summed E-state index contributed by atoms with van der Waals surface area (Å²) in [4.78, 5) is 9.52. The zero-order valence-corrected chi connectivity index (χ0v) is 15.9. The Morgan fingerprint density at radius 2 is 2.04 bits per heavy atom. The molecule has 0 unspecified atom stereocenters. The zero-order chi connectivity index (χ0) is 18.4. The number of methoxy groups -OCH3 is 1. The van der Waals surface area contributed by atoms with E-state index in [4.69, 9.17) is 9.73 Å². The van der Waals surface area contributed by atoms with Crippen LogP contribution >= 0.6 is 0 Å². The second-order valence-electron chi connectivity index (χ2n) is 6.29. The van der Waals surface area contributed by atoms with Crippen LogP contribution in [0.4, 0.5) is 5.69 Å². The van der Waals surface area contributed by atoms with Gasteiger partial charge in [-0.15, -0.1) is 0 Å². The van der Waals surface area contributed by atoms with Gasteiger partial charge in [0.15, 0.2) is 5.96 Å². The molecule has 7 heteroatoms. The zero-order valence-electron chi connectivity index (χ0n) is 15.9. The molecule has 7 nitrogen and oxygen atoms in total. The summed E-state index contributed by atoms with van der Waals surface area (Å²) in [5.41, 5.74) is 2.32. The van der Waals surface area contributed by atoms with Crippen LogP contribution in [0.3, 0.4) is 0 Å². The minimum atomic E-state index is 0.634. The fourth-order valence-electron chi connectivity index (χ4n) is 3.12. The lowest BCUT2D eigenvalue weighted by Crippen LogP contribution is -2.52. The molecule has 1 aromatic carbocycles. The summed E-state index contributed by atoms with van der Waals surface area (Å²) in [6, 6.07) is 10.3. The molecule has 1 aliphatic heterocycles. The summed E-state index contributed by atoms with van der Waals surface area (Å²) in [6.07, 6.45) is 1.81. The average molecular weight is 356 g/mol. The van der Waals surface area contributed by atoms with E-state index in [2.05, 4.69) is 39.3 Å². The quantitative estimate of drug-likeness (QED) is 0.653. The maximum atomic E-state index is 5.34. The number of aryl methyl sites for hydroxylation is 1. The van der Waals surface area contributed by atoms with E-state index in [0.717, 1.165) is 50.1 Å². The van der Waals surface area contributed by atoms with E-state index in [9.17, 15) is 0 Å². The summed E-state index contributed by atoms with van der Waals surface area (Å²) in [7, 11) is 3.66. The van der Waals surface area contributed by atoms with Crippen LogP contribution in [-0.4, -0.2) is 60.5 Å². The van der Waals surface area contributed by atoms with Gasteiger partial charge < -0.3 is 19.9 Å². The normalized spacial score (nSPS) is 15.3. The molecule has 1 saturated heterocycles. The fraction of sp³-hybridized carbons (Fsp3) is 0.474. The Hall–Kier alpha value is -2.70. The second kappa shape index (κ2) is 8.60. The van der Waals surface area contributed by atoms with Crippen LogP contribution in [0.2, 0.25) is 0 Å². The van der Waals surface area contributed by atoms with Gasteiger partial charge in [-0.1, -0.05) is 6.07 Å². The summed E-state index contributed by atoms with van der Waals surface area (Å²) in [5, 5.41) is 7.62. The molecule has 2 aromatic rings. The first-order valence-corrected chi connectivity index (χ1v) is 9.10. The highest BCUT2D eigenvalue weighted by atomic mass is 16.5. The van der Waals surface area contributed by atoms with Gasteiger partial charge in [-0.3, -0.25) is 4.68 Å². The minimum absolute atomic E-state index is 0.634. The fourth-order valence-corrected chi connectivity index (χ4v) is 3.12. The number of nitrogens with one attached hydrogen (secondary N) is 1. The third-order valence-corrected chi connectivity index (χ3v) is 4.65. The molecule has 0 amide bonds. The predicted molar refractivity (Wildman–Crippen MR) is 105 cm³/mol. The van der Waals surface area contributed by atoms with Gasteiger partial charge in [0.2, 0.25) is 0 Å². The third-order valence-electron chi connectivity index (χ3n) is 4.65. The van der Waals surface area contributed by atoms with Crippen molar-refractivity contribution in [2.45, 2.75) is 13.5 Å². The largest absolute Gasteiger partial charge is 0.497 e. The number of hydrogen-bond donors (Lipinski definition) is 1. The monoisotopic (exact) mass is 356 g/mol. The molecule has 26 heavy (non-hydrogen) atoms. The standard InChI is InChI=1S/C19H28N6O/c1-4-20-19(21-15-17-8-9-22-23(17)2)25-12-10-24(11-13-25)16-6-5-7-18(14-16)26-3/h5-9,14H,4,10-13,15H2,1-3H3,(H,20,21). The van der Waals surface area contributed by atoms with E-state index in [0.29, 0.717) is 6.54 Å². The Labute approximate surface area is 155 Å². The van der Waals surface area contributed by atoms with Crippen LogP contribution in [0.1, 0.15) is 12.6 Å². The molecule has 0 atom stereocenters. The number of benzene rings is 1. The molecule has 0 aliphatic carbocycles. The van der Waals surface area contributed by atoms with Crippen LogP contribution in [0.15, 0.2) is 41.5 Å². The molecule has 1 aromatic heterocycles. The van der Waals surface area contributed by atoms with Crippen LogP contribution < -0.4 is 15.0 Å². The Bertz CT molecular complexity index is 733. The van der Waals surface area contributed by atoms with Gasteiger partial charge >= 0.3 is 0 Å². The van der Waals surface area contributed by atoms with Crippen LogP contribution in [-0.2, 0) is 13.6 Å². The van der Waals surface area contributed by atoms with Gasteiger partial charge in [0.05, 0.1) is 19.3 Å². The average Bonchev–Trinajstić information content (AvgIpc) is 3.10. The van der Waals surface area contributed by atoms with Gasteiger partial charge in [-0.2, -0.15) is 5.10 Å². The lowest BCUT2D eigenvalue weighted by Gasteiger charge is -2.37. The van der Waals surface area contributed by atoms with Crippen molar-refractivity contribution in [3.63, 3.8) is 0 Å². The summed E-state index contributed by atoms with van der Waals surface area (Å²) < 4.78 is 7.21. The minimum Gasteiger partial charge on any atom is -0.497 e. The Kier molecular flexibility index (Phi) is 5.99. The van der Waals surface area contributed by atoms with Crippen molar-refractivity contribution in [1.82, 2.24) is 20.0 Å². The number of aromatic nitrogens is 2. The number of ether oxygens (including phenoxy) is 1. The highest BCUT2D eigenvalue weighted by Gasteiger charge is 2.20. The first-order valence-electron chi connectivity index (χ1n) is 9.10. The molecule has 1 fully saturated rings. The predicted octanol–water partition coefficient (Wildman–Crippen LogP) is 1.72. The number of piperazine rings is 1. The highest BCUT2D eigenvalue weighted by Crippen LogP contribution is 2.22. The molecule has 1 aliphatic rings. The van der Waals surface area contributed by atoms with Crippen LogP contribution in [0, 0.1) is 0 Å². The summed E-state index contributed by atoms with van der Waals surface area (Å²) in [5.74, 6) is 1.87. The van der Waals surface area contributed by atoms with E-state index in [1.807, 2.05) is 36.1 Å². The third kappa shape index (κ3) is 4.28. The number of aliphatic imine (C=N–C) groups is 1. The topological polar surface area (TPSA) is 57.9 Å². The summed E-state index contributed by atoms with van der Waals surface area (Å²) in [6.45, 7) is 7.40. The number of rotatable bonds is 5. The Balaban J connectivity index is 1.63. The summed E-state index contributed by atoms with van der Waals surface area (Å²) >= 11 is 0. The molecule has 2 heterocycles. The molecule has 3 rings (SSSR count). The second-order valence-corrected chi connectivity index (χ2v) is 6.29. The van der Waals surface area contributed by atoms with E-state index in [-0.39, 0.29) is 0 Å². The van der Waals surface area contributed by atoms with Gasteiger partial charge in [-0.05, 0) is 25.1 Å². The van der Waals surface area contributed by atoms with Crippen molar-refractivity contribution in [2.24, 2.45) is 12.0 Å². The van der Waals surface area contributed by atoms with Crippen molar-refractivity contribution in [3.8, 4) is 5.75 Å². The lowest BCUT2D eigenvalue weighted by molar-refractivity contribution is 0.371. The molecular formula is C19H28N6O. The molecular weight excluding hydrogens is 328 g/mol. The van der Waals surface area contributed by atoms with Crippen molar-refractivity contribution in [1.29, 1.82) is 0 Å². The van der Waals surface area contributed by atoms with Gasteiger partial charge in [0.25, 0.3) is 0 Å². The smallest absolute Gasteiger partial charge is 0.194 e. The molecule has 0 bridgehead atoms. The molecule has 140 valence electrons. The van der Waals surface area contributed by atoms with E-state index < -0.39 is 0 Å². The van der Waals surface area contributed by atoms with E-state index in [1.54, 1.807) is 7.11 Å². The SMILES string of the molecule is CCNC(=NCc1ccnn1C)N1CCN(c2cccc(OC)c2)CC1. The van der Waals surface area contributed by atoms with E-state index in [1.165, 1.54) is 5.69 Å². The first kappa shape index (κ1) is 18.1. The van der Waals surface area contributed by atoms with Crippen LogP contribution in [0.25, 0.3) is 0 Å². The van der Waals surface area contributed by atoms with E-state index >= 15 is 0 Å². The van der Waals surface area contributed by atoms with Gasteiger partial charge in [0, 0.05) is 57.7 Å². The number of hydrogen-bond acceptors (Lipinski definition) is 4. The highest BCUT2D eigenvalue weighted by molar-refractivity contribution is 5.80. The number of anilines is 1. The number of nitrogens with zero attached hydrogens (tertiary/aromatic N) is 5. The maximum absolute atomic E-state index is 5.34. The Morgan fingerprint density at radius 1 is 1.23 bits per heavy atom.